The number of para-hydroxylation sites is 2. The highest BCUT2D eigenvalue weighted by Gasteiger charge is 2.59. The fraction of sp³-hybridized carbons (Fsp3) is 0.0233. The molecular formula is C43H22N2O2S. The second-order valence-electron chi connectivity index (χ2n) is 12.2. The molecule has 7 aromatic rings. The molecule has 48 heavy (non-hydrogen) atoms. The van der Waals surface area contributed by atoms with Crippen LogP contribution in [-0.2, 0) is 5.41 Å². The summed E-state index contributed by atoms with van der Waals surface area (Å²) in [6, 6.07) is 45.3. The molecular weight excluding hydrogens is 609 g/mol. The molecule has 0 fully saturated rings. The van der Waals surface area contributed by atoms with Crippen LogP contribution in [0.2, 0.25) is 0 Å². The largest absolute Gasteiger partial charge is 0.459 e. The molecule has 2 aliphatic carbocycles. The lowest BCUT2D eigenvalue weighted by Crippen LogP contribution is -2.30. The van der Waals surface area contributed by atoms with E-state index in [9.17, 15) is 0 Å². The molecule has 1 spiro atoms. The van der Waals surface area contributed by atoms with Crippen LogP contribution in [0.3, 0.4) is 0 Å². The number of fused-ring (bicyclic) bond motifs is 12. The van der Waals surface area contributed by atoms with Crippen LogP contribution < -0.4 is 4.74 Å². The Morgan fingerprint density at radius 1 is 0.583 bits per heavy atom. The first-order valence-electron chi connectivity index (χ1n) is 15.6. The molecule has 1 aliphatic heterocycles. The van der Waals surface area contributed by atoms with E-state index in [-0.39, 0.29) is 0 Å². The molecule has 1 atom stereocenters. The topological polar surface area (TPSA) is 31.1 Å². The lowest BCUT2D eigenvalue weighted by Gasteiger charge is -2.32. The fourth-order valence-corrected chi connectivity index (χ4v) is 8.91. The molecule has 0 radical (unpaired) electrons. The van der Waals surface area contributed by atoms with Gasteiger partial charge in [0.1, 0.15) is 28.3 Å². The van der Waals surface area contributed by atoms with Gasteiger partial charge in [0.15, 0.2) is 11.4 Å². The van der Waals surface area contributed by atoms with Gasteiger partial charge in [0.05, 0.1) is 22.9 Å². The molecule has 222 valence electrons. The maximum atomic E-state index is 7.55. The summed E-state index contributed by atoms with van der Waals surface area (Å²) in [7, 11) is 0. The number of allylic oxidation sites excluding steroid dienone is 1. The minimum atomic E-state index is -0.807. The number of hydrogen-bond donors (Lipinski definition) is 0. The van der Waals surface area contributed by atoms with Crippen molar-refractivity contribution in [3.8, 4) is 39.1 Å². The van der Waals surface area contributed by atoms with E-state index in [4.69, 9.17) is 22.3 Å². The van der Waals surface area contributed by atoms with E-state index in [1.165, 1.54) is 0 Å². The van der Waals surface area contributed by atoms with Gasteiger partial charge in [0.25, 0.3) is 0 Å². The molecule has 1 unspecified atom stereocenters. The molecule has 2 heterocycles. The van der Waals surface area contributed by atoms with Gasteiger partial charge >= 0.3 is 0 Å². The van der Waals surface area contributed by atoms with Gasteiger partial charge in [0.2, 0.25) is 0 Å². The lowest BCUT2D eigenvalue weighted by molar-refractivity contribution is 0.344. The van der Waals surface area contributed by atoms with Crippen molar-refractivity contribution in [3.63, 3.8) is 0 Å². The maximum Gasteiger partial charge on any atom is 0.187 e. The number of benzene rings is 6. The first kappa shape index (κ1) is 26.9. The van der Waals surface area contributed by atoms with Gasteiger partial charge in [-0.3, -0.25) is 0 Å². The van der Waals surface area contributed by atoms with Gasteiger partial charge in [-0.05, 0) is 63.2 Å². The minimum absolute atomic E-state index is 0.606. The predicted octanol–water partition coefficient (Wildman–Crippen LogP) is 12.1. The van der Waals surface area contributed by atoms with Crippen LogP contribution in [-0.4, -0.2) is 0 Å². The molecule has 0 N–H and O–H groups in total. The summed E-state index contributed by atoms with van der Waals surface area (Å²) < 4.78 is 14.2. The quantitative estimate of drug-likeness (QED) is 0.178. The Morgan fingerprint density at radius 3 is 2.19 bits per heavy atom. The van der Waals surface area contributed by atoms with Crippen LogP contribution in [0.5, 0.6) is 5.75 Å². The molecule has 6 aromatic carbocycles. The van der Waals surface area contributed by atoms with E-state index >= 15 is 0 Å². The Balaban J connectivity index is 1.25. The Bertz CT molecular complexity index is 2650. The molecule has 0 bridgehead atoms. The highest BCUT2D eigenvalue weighted by Crippen LogP contribution is 2.68. The van der Waals surface area contributed by atoms with Gasteiger partial charge < -0.3 is 9.15 Å². The van der Waals surface area contributed by atoms with E-state index in [2.05, 4.69) is 88.6 Å². The van der Waals surface area contributed by atoms with Crippen LogP contribution in [0.4, 0.5) is 11.4 Å². The molecule has 5 heteroatoms. The normalized spacial score (nSPS) is 16.4. The predicted molar refractivity (Wildman–Crippen MR) is 191 cm³/mol. The Hall–Kier alpha value is -6.27. The number of rotatable bonds is 2. The van der Waals surface area contributed by atoms with Gasteiger partial charge in [0, 0.05) is 16.5 Å². The van der Waals surface area contributed by atoms with Crippen molar-refractivity contribution in [1.82, 2.24) is 0 Å². The van der Waals surface area contributed by atoms with Crippen molar-refractivity contribution < 1.29 is 9.15 Å². The number of ether oxygens (including phenoxy) is 1. The van der Waals surface area contributed by atoms with Crippen LogP contribution in [0.25, 0.3) is 58.9 Å². The SMILES string of the molecule is [C-]#[N+]c1ccc(-c2cccc3c2OC2=C(S3)c3c(oc4ccccc34)C23c2ccccc2-c2cc(-c4cccc([N+]#[C-])c4)ccc23)cc1. The molecule has 1 aromatic heterocycles. The summed E-state index contributed by atoms with van der Waals surface area (Å²) in [5.41, 5.74) is 10.9. The summed E-state index contributed by atoms with van der Waals surface area (Å²) in [4.78, 5) is 9.36. The zero-order valence-corrected chi connectivity index (χ0v) is 26.1. The fourth-order valence-electron chi connectivity index (χ4n) is 7.71. The van der Waals surface area contributed by atoms with E-state index in [1.54, 1.807) is 11.8 Å². The van der Waals surface area contributed by atoms with Crippen molar-refractivity contribution in [3.05, 3.63) is 185 Å². The summed E-state index contributed by atoms with van der Waals surface area (Å²) in [6.07, 6.45) is 0. The number of furan rings is 1. The Morgan fingerprint density at radius 2 is 1.31 bits per heavy atom. The number of hydrogen-bond acceptors (Lipinski definition) is 3. The summed E-state index contributed by atoms with van der Waals surface area (Å²) >= 11 is 1.74. The van der Waals surface area contributed by atoms with E-state index in [1.807, 2.05) is 54.6 Å². The molecule has 0 saturated heterocycles. The van der Waals surface area contributed by atoms with Crippen LogP contribution >= 0.6 is 11.8 Å². The average molecular weight is 631 g/mol. The molecule has 3 aliphatic rings. The van der Waals surface area contributed by atoms with Gasteiger partial charge in [-0.1, -0.05) is 121 Å². The van der Waals surface area contributed by atoms with Crippen molar-refractivity contribution in [2.75, 3.05) is 0 Å². The summed E-state index contributed by atoms with van der Waals surface area (Å²) in [5.74, 6) is 2.55. The van der Waals surface area contributed by atoms with Gasteiger partial charge in [-0.25, -0.2) is 9.69 Å². The molecule has 4 nitrogen and oxygen atoms in total. The molecule has 10 rings (SSSR count). The smallest absolute Gasteiger partial charge is 0.187 e. The second-order valence-corrected chi connectivity index (χ2v) is 13.2. The highest BCUT2D eigenvalue weighted by atomic mass is 32.2. The number of thioether (sulfide) groups is 1. The second kappa shape index (κ2) is 9.86. The Labute approximate surface area is 281 Å². The summed E-state index contributed by atoms with van der Waals surface area (Å²) in [6.45, 7) is 15.0. The monoisotopic (exact) mass is 630 g/mol. The molecule has 0 amide bonds. The first-order valence-corrected chi connectivity index (χ1v) is 16.5. The first-order chi connectivity index (χ1) is 23.7. The van der Waals surface area contributed by atoms with Crippen molar-refractivity contribution in [1.29, 1.82) is 0 Å². The number of nitrogens with zero attached hydrogens (tertiary/aromatic N) is 2. The lowest BCUT2D eigenvalue weighted by atomic mass is 9.76. The van der Waals surface area contributed by atoms with E-state index in [0.29, 0.717) is 11.4 Å². The van der Waals surface area contributed by atoms with Gasteiger partial charge in [-0.2, -0.15) is 0 Å². The van der Waals surface area contributed by atoms with Crippen molar-refractivity contribution in [2.24, 2.45) is 0 Å². The van der Waals surface area contributed by atoms with Crippen LogP contribution in [0.1, 0.15) is 22.5 Å². The third kappa shape index (κ3) is 3.49. The van der Waals surface area contributed by atoms with E-state index in [0.717, 1.165) is 88.1 Å². The average Bonchev–Trinajstić information content (AvgIpc) is 3.77. The maximum absolute atomic E-state index is 7.55. The zero-order chi connectivity index (χ0) is 32.0. The third-order valence-corrected chi connectivity index (χ3v) is 10.9. The molecule has 0 saturated carbocycles. The minimum Gasteiger partial charge on any atom is -0.459 e. The zero-order valence-electron chi connectivity index (χ0n) is 25.3. The highest BCUT2D eigenvalue weighted by molar-refractivity contribution is 8.08. The summed E-state index contributed by atoms with van der Waals surface area (Å²) in [5, 5.41) is 1.07. The van der Waals surface area contributed by atoms with E-state index < -0.39 is 5.41 Å². The van der Waals surface area contributed by atoms with Crippen LogP contribution in [0.15, 0.2) is 149 Å². The third-order valence-electron chi connectivity index (χ3n) is 9.77. The van der Waals surface area contributed by atoms with Gasteiger partial charge in [-0.15, -0.1) is 0 Å². The Kier molecular flexibility index (Phi) is 5.53. The van der Waals surface area contributed by atoms with Crippen molar-refractivity contribution in [2.45, 2.75) is 10.3 Å². The van der Waals surface area contributed by atoms with Crippen molar-refractivity contribution >= 4 is 39.0 Å². The van der Waals surface area contributed by atoms with Crippen LogP contribution in [0, 0.1) is 13.1 Å². The standard InChI is InChI=1S/C43H22N2O2S/c1-44-28-20-17-25(18-21-28)30-13-8-16-37-39(30)47-42-40(48-37)38-32-12-4-6-15-36(32)46-41(38)43(42)34-14-5-3-11-31(34)33-24-27(19-22-35(33)43)26-9-7-10-29(23-26)45-2/h3-24H.